The van der Waals surface area contributed by atoms with Gasteiger partial charge in [-0.05, 0) is 50.1 Å². The molecule has 5 nitrogen and oxygen atoms in total. The zero-order valence-corrected chi connectivity index (χ0v) is 16.6. The van der Waals surface area contributed by atoms with Crippen LogP contribution in [0.25, 0.3) is 0 Å². The fraction of sp³-hybridized carbons (Fsp3) is 0.217. The standard InChI is InChI=1S/C23H24N2O3/c1-14-21(16(3)26)15(2)24-22(14)23(27)25-19-10-11-20(28-4)18(13-19)12-17-8-6-5-7-9-17/h5-11,13,24H,12H2,1-4H3,(H,25,27). The van der Waals surface area contributed by atoms with E-state index in [2.05, 4.69) is 22.4 Å². The first-order valence-electron chi connectivity index (χ1n) is 9.13. The molecule has 0 spiro atoms. The van der Waals surface area contributed by atoms with Gasteiger partial charge in [0.05, 0.1) is 7.11 Å². The molecule has 2 aromatic carbocycles. The van der Waals surface area contributed by atoms with E-state index in [0.717, 1.165) is 16.9 Å². The fourth-order valence-electron chi connectivity index (χ4n) is 3.51. The number of hydrogen-bond donors (Lipinski definition) is 2. The Morgan fingerprint density at radius 1 is 1.07 bits per heavy atom. The van der Waals surface area contributed by atoms with Crippen LogP contribution in [-0.4, -0.2) is 23.8 Å². The Kier molecular flexibility index (Phi) is 5.64. The molecule has 0 saturated carbocycles. The van der Waals surface area contributed by atoms with Crippen molar-refractivity contribution in [2.45, 2.75) is 27.2 Å². The fourth-order valence-corrected chi connectivity index (χ4v) is 3.51. The first-order valence-corrected chi connectivity index (χ1v) is 9.13. The number of aromatic amines is 1. The predicted octanol–water partition coefficient (Wildman–Crippen LogP) is 4.69. The minimum Gasteiger partial charge on any atom is -0.496 e. The molecule has 144 valence electrons. The number of ether oxygens (including phenoxy) is 1. The quantitative estimate of drug-likeness (QED) is 0.613. The summed E-state index contributed by atoms with van der Waals surface area (Å²) in [6.45, 7) is 5.08. The lowest BCUT2D eigenvalue weighted by atomic mass is 10.0. The van der Waals surface area contributed by atoms with E-state index in [9.17, 15) is 9.59 Å². The van der Waals surface area contributed by atoms with Crippen LogP contribution in [0.3, 0.4) is 0 Å². The van der Waals surface area contributed by atoms with E-state index in [4.69, 9.17) is 4.74 Å². The molecule has 2 N–H and O–H groups in total. The van der Waals surface area contributed by atoms with Crippen LogP contribution in [-0.2, 0) is 6.42 Å². The Balaban J connectivity index is 1.86. The van der Waals surface area contributed by atoms with Crippen LogP contribution in [0.4, 0.5) is 5.69 Å². The monoisotopic (exact) mass is 376 g/mol. The molecule has 1 heterocycles. The lowest BCUT2D eigenvalue weighted by molar-refractivity contribution is 0.101. The summed E-state index contributed by atoms with van der Waals surface area (Å²) < 4.78 is 5.47. The highest BCUT2D eigenvalue weighted by atomic mass is 16.5. The maximum Gasteiger partial charge on any atom is 0.272 e. The molecular weight excluding hydrogens is 352 g/mol. The lowest BCUT2D eigenvalue weighted by Gasteiger charge is -2.12. The van der Waals surface area contributed by atoms with Crippen LogP contribution in [0.15, 0.2) is 48.5 Å². The third-order valence-electron chi connectivity index (χ3n) is 4.79. The molecule has 0 aliphatic carbocycles. The van der Waals surface area contributed by atoms with Gasteiger partial charge in [0, 0.05) is 28.9 Å². The smallest absolute Gasteiger partial charge is 0.272 e. The van der Waals surface area contributed by atoms with E-state index in [1.54, 1.807) is 21.0 Å². The molecule has 0 atom stereocenters. The third kappa shape index (κ3) is 3.98. The van der Waals surface area contributed by atoms with Crippen LogP contribution in [0.1, 0.15) is 50.2 Å². The Morgan fingerprint density at radius 3 is 2.39 bits per heavy atom. The number of ketones is 1. The zero-order valence-electron chi connectivity index (χ0n) is 16.6. The van der Waals surface area contributed by atoms with Gasteiger partial charge in [-0.1, -0.05) is 30.3 Å². The highest BCUT2D eigenvalue weighted by Crippen LogP contribution is 2.26. The van der Waals surface area contributed by atoms with Crippen molar-refractivity contribution in [3.8, 4) is 5.75 Å². The van der Waals surface area contributed by atoms with Gasteiger partial charge in [0.2, 0.25) is 0 Å². The molecule has 5 heteroatoms. The summed E-state index contributed by atoms with van der Waals surface area (Å²) in [6.07, 6.45) is 0.697. The van der Waals surface area contributed by atoms with Gasteiger partial charge in [-0.25, -0.2) is 0 Å². The average molecular weight is 376 g/mol. The maximum atomic E-state index is 12.8. The molecule has 1 amide bonds. The number of methoxy groups -OCH3 is 1. The Bertz CT molecular complexity index is 1020. The number of H-pyrrole nitrogens is 1. The van der Waals surface area contributed by atoms with Gasteiger partial charge in [0.1, 0.15) is 11.4 Å². The van der Waals surface area contributed by atoms with Gasteiger partial charge in [-0.15, -0.1) is 0 Å². The molecule has 0 aliphatic heterocycles. The average Bonchev–Trinajstić information content (AvgIpc) is 2.97. The summed E-state index contributed by atoms with van der Waals surface area (Å²) in [5.41, 5.74) is 5.16. The van der Waals surface area contributed by atoms with E-state index >= 15 is 0 Å². The minimum atomic E-state index is -0.274. The lowest BCUT2D eigenvalue weighted by Crippen LogP contribution is -2.14. The summed E-state index contributed by atoms with van der Waals surface area (Å²) in [5.74, 6) is 0.441. The molecule has 0 saturated heterocycles. The Morgan fingerprint density at radius 2 is 1.79 bits per heavy atom. The number of Topliss-reactive ketones (excluding diaryl/α,β-unsaturated/α-hetero) is 1. The minimum absolute atomic E-state index is 0.0557. The molecule has 0 fully saturated rings. The predicted molar refractivity (Wildman–Crippen MR) is 110 cm³/mol. The van der Waals surface area contributed by atoms with Gasteiger partial charge in [0.15, 0.2) is 5.78 Å². The second kappa shape index (κ2) is 8.13. The second-order valence-corrected chi connectivity index (χ2v) is 6.82. The van der Waals surface area contributed by atoms with Crippen molar-refractivity contribution in [2.75, 3.05) is 12.4 Å². The summed E-state index contributed by atoms with van der Waals surface area (Å²) >= 11 is 0. The molecule has 28 heavy (non-hydrogen) atoms. The normalized spacial score (nSPS) is 10.6. The largest absolute Gasteiger partial charge is 0.496 e. The number of amides is 1. The first kappa shape index (κ1) is 19.4. The van der Waals surface area contributed by atoms with E-state index in [0.29, 0.717) is 34.6 Å². The summed E-state index contributed by atoms with van der Waals surface area (Å²) in [7, 11) is 1.64. The summed E-state index contributed by atoms with van der Waals surface area (Å²) in [6, 6.07) is 15.7. The number of anilines is 1. The van der Waals surface area contributed by atoms with Crippen molar-refractivity contribution in [2.24, 2.45) is 0 Å². The number of carbonyl (C=O) groups is 2. The second-order valence-electron chi connectivity index (χ2n) is 6.82. The summed E-state index contributed by atoms with van der Waals surface area (Å²) in [5, 5.41) is 2.92. The van der Waals surface area contributed by atoms with E-state index < -0.39 is 0 Å². The number of aryl methyl sites for hydroxylation is 1. The molecular formula is C23H24N2O3. The molecule has 3 rings (SSSR count). The number of nitrogens with one attached hydrogen (secondary N) is 2. The van der Waals surface area contributed by atoms with Crippen LogP contribution in [0.2, 0.25) is 0 Å². The number of carbonyl (C=O) groups excluding carboxylic acids is 2. The van der Waals surface area contributed by atoms with E-state index in [1.165, 1.54) is 6.92 Å². The van der Waals surface area contributed by atoms with Gasteiger partial charge in [-0.2, -0.15) is 0 Å². The van der Waals surface area contributed by atoms with Crippen molar-refractivity contribution in [3.63, 3.8) is 0 Å². The summed E-state index contributed by atoms with van der Waals surface area (Å²) in [4.78, 5) is 27.6. The first-order chi connectivity index (χ1) is 13.4. The van der Waals surface area contributed by atoms with Crippen LogP contribution in [0.5, 0.6) is 5.75 Å². The van der Waals surface area contributed by atoms with Crippen molar-refractivity contribution >= 4 is 17.4 Å². The SMILES string of the molecule is COc1ccc(NC(=O)c2[nH]c(C)c(C(C)=O)c2C)cc1Cc1ccccc1. The number of aromatic nitrogens is 1. The highest BCUT2D eigenvalue weighted by Gasteiger charge is 2.20. The van der Waals surface area contributed by atoms with Crippen molar-refractivity contribution in [1.29, 1.82) is 0 Å². The van der Waals surface area contributed by atoms with E-state index in [1.807, 2.05) is 36.4 Å². The van der Waals surface area contributed by atoms with Crippen LogP contribution < -0.4 is 10.1 Å². The molecule has 0 aliphatic rings. The van der Waals surface area contributed by atoms with Crippen LogP contribution in [0, 0.1) is 13.8 Å². The number of hydrogen-bond acceptors (Lipinski definition) is 3. The third-order valence-corrected chi connectivity index (χ3v) is 4.79. The van der Waals surface area contributed by atoms with Gasteiger partial charge >= 0.3 is 0 Å². The molecule has 0 unspecified atom stereocenters. The van der Waals surface area contributed by atoms with Crippen LogP contribution >= 0.6 is 0 Å². The molecule has 0 bridgehead atoms. The van der Waals surface area contributed by atoms with E-state index in [-0.39, 0.29) is 11.7 Å². The van der Waals surface area contributed by atoms with Gasteiger partial charge in [-0.3, -0.25) is 9.59 Å². The van der Waals surface area contributed by atoms with Gasteiger partial charge < -0.3 is 15.0 Å². The van der Waals surface area contributed by atoms with Crippen molar-refractivity contribution < 1.29 is 14.3 Å². The van der Waals surface area contributed by atoms with Gasteiger partial charge in [0.25, 0.3) is 5.91 Å². The molecule has 1 aromatic heterocycles. The number of rotatable bonds is 6. The van der Waals surface area contributed by atoms with Crippen molar-refractivity contribution in [1.82, 2.24) is 4.98 Å². The topological polar surface area (TPSA) is 71.2 Å². The maximum absolute atomic E-state index is 12.8. The molecule has 3 aromatic rings. The molecule has 0 radical (unpaired) electrons. The highest BCUT2D eigenvalue weighted by molar-refractivity contribution is 6.07. The Hall–Kier alpha value is -3.34. The van der Waals surface area contributed by atoms with Crippen molar-refractivity contribution in [3.05, 3.63) is 82.2 Å². The number of benzene rings is 2. The Labute approximate surface area is 164 Å². The zero-order chi connectivity index (χ0) is 20.3.